The highest BCUT2D eigenvalue weighted by Gasteiger charge is 2.15. The third kappa shape index (κ3) is 3.04. The summed E-state index contributed by atoms with van der Waals surface area (Å²) < 4.78 is 15.2. The second kappa shape index (κ2) is 3.09. The van der Waals surface area contributed by atoms with Crippen LogP contribution in [-0.4, -0.2) is 23.1 Å². The van der Waals surface area contributed by atoms with Crippen LogP contribution in [0.2, 0.25) is 5.04 Å². The summed E-state index contributed by atoms with van der Waals surface area (Å²) in [5, 5.41) is -0.102. The smallest absolute Gasteiger partial charge is 0.269 e. The molecule has 0 saturated heterocycles. The second-order valence-corrected chi connectivity index (χ2v) is 4.34. The minimum absolute atomic E-state index is 0.102. The summed E-state index contributed by atoms with van der Waals surface area (Å²) in [4.78, 5) is 0. The lowest BCUT2D eigenvalue weighted by atomic mass is 10.2. The van der Waals surface area contributed by atoms with Crippen molar-refractivity contribution in [1.29, 1.82) is 0 Å². The van der Waals surface area contributed by atoms with E-state index in [2.05, 4.69) is 0 Å². The molecule has 0 aromatic rings. The van der Waals surface area contributed by atoms with Crippen LogP contribution in [0.1, 0.15) is 13.8 Å². The lowest BCUT2D eigenvalue weighted by Gasteiger charge is -2.12. The SMILES string of the molecule is COCC(C)(C)[SiH]=O. The molecule has 0 spiro atoms. The summed E-state index contributed by atoms with van der Waals surface area (Å²) >= 11 is 0. The van der Waals surface area contributed by atoms with E-state index in [0.717, 1.165) is 0 Å². The average molecular weight is 132 g/mol. The Balaban J connectivity index is 3.53. The molecule has 0 aliphatic heterocycles. The maximum atomic E-state index is 10.3. The van der Waals surface area contributed by atoms with Crippen molar-refractivity contribution in [3.8, 4) is 0 Å². The number of hydrogen-bond donors (Lipinski definition) is 0. The van der Waals surface area contributed by atoms with E-state index >= 15 is 0 Å². The molecule has 0 amide bonds. The van der Waals surface area contributed by atoms with Crippen molar-refractivity contribution in [2.24, 2.45) is 0 Å². The molecule has 0 aliphatic carbocycles. The molecule has 0 saturated carbocycles. The third-order valence-corrected chi connectivity index (χ3v) is 1.64. The fourth-order valence-corrected chi connectivity index (χ4v) is 0.641. The van der Waals surface area contributed by atoms with Crippen molar-refractivity contribution in [1.82, 2.24) is 0 Å². The Bertz CT molecular complexity index is 80.5. The third-order valence-electron chi connectivity index (χ3n) is 0.835. The van der Waals surface area contributed by atoms with Crippen molar-refractivity contribution < 1.29 is 9.20 Å². The van der Waals surface area contributed by atoms with E-state index in [1.54, 1.807) is 7.11 Å². The monoisotopic (exact) mass is 132 g/mol. The Morgan fingerprint density at radius 2 is 2.12 bits per heavy atom. The summed E-state index contributed by atoms with van der Waals surface area (Å²) in [5.74, 6) is 0. The molecule has 0 unspecified atom stereocenters. The van der Waals surface area contributed by atoms with Gasteiger partial charge in [-0.05, 0) is 0 Å². The van der Waals surface area contributed by atoms with Gasteiger partial charge in [-0.25, -0.2) is 0 Å². The molecule has 0 heterocycles. The zero-order chi connectivity index (χ0) is 6.62. The molecular formula is C5H12O2Si. The molecule has 0 aromatic heterocycles. The molecule has 0 fully saturated rings. The Morgan fingerprint density at radius 1 is 1.62 bits per heavy atom. The van der Waals surface area contributed by atoms with E-state index in [1.165, 1.54) is 0 Å². The second-order valence-electron chi connectivity index (χ2n) is 2.54. The first-order valence-corrected chi connectivity index (χ1v) is 3.62. The van der Waals surface area contributed by atoms with Gasteiger partial charge in [0.05, 0.1) is 6.61 Å². The van der Waals surface area contributed by atoms with Gasteiger partial charge in [0, 0.05) is 12.1 Å². The van der Waals surface area contributed by atoms with Gasteiger partial charge in [0.15, 0.2) is 0 Å². The molecule has 48 valence electrons. The summed E-state index contributed by atoms with van der Waals surface area (Å²) in [6.45, 7) is 4.45. The molecule has 0 aliphatic rings. The normalized spacial score (nSPS) is 11.4. The zero-order valence-electron chi connectivity index (χ0n) is 5.60. The number of methoxy groups -OCH3 is 1. The molecule has 3 heteroatoms. The molecule has 0 bridgehead atoms. The van der Waals surface area contributed by atoms with E-state index in [0.29, 0.717) is 6.61 Å². The first-order chi connectivity index (χ1) is 3.62. The molecule has 0 aromatic carbocycles. The summed E-state index contributed by atoms with van der Waals surface area (Å²) in [6, 6.07) is 0. The van der Waals surface area contributed by atoms with Crippen LogP contribution in [-0.2, 0) is 9.20 Å². The minimum atomic E-state index is -0.714. The van der Waals surface area contributed by atoms with Crippen LogP contribution in [0.5, 0.6) is 0 Å². The number of ether oxygens (including phenoxy) is 1. The van der Waals surface area contributed by atoms with Crippen LogP contribution in [0.15, 0.2) is 0 Å². The molecule has 0 rings (SSSR count). The van der Waals surface area contributed by atoms with Gasteiger partial charge in [-0.3, -0.25) is 0 Å². The summed E-state index contributed by atoms with van der Waals surface area (Å²) in [5.41, 5.74) is 0. The lowest BCUT2D eigenvalue weighted by molar-refractivity contribution is 0.170. The van der Waals surface area contributed by atoms with Gasteiger partial charge in [-0.2, -0.15) is 0 Å². The number of hydrogen-bond acceptors (Lipinski definition) is 2. The predicted octanol–water partition coefficient (Wildman–Crippen LogP) is 0.613. The van der Waals surface area contributed by atoms with E-state index in [4.69, 9.17) is 4.74 Å². The topological polar surface area (TPSA) is 26.3 Å². The van der Waals surface area contributed by atoms with Crippen LogP contribution < -0.4 is 0 Å². The van der Waals surface area contributed by atoms with Gasteiger partial charge < -0.3 is 9.20 Å². The highest BCUT2D eigenvalue weighted by atomic mass is 28.2. The van der Waals surface area contributed by atoms with E-state index in [1.807, 2.05) is 13.8 Å². The highest BCUT2D eigenvalue weighted by Crippen LogP contribution is 2.18. The summed E-state index contributed by atoms with van der Waals surface area (Å²) in [6.07, 6.45) is 0. The maximum Gasteiger partial charge on any atom is 0.269 e. The van der Waals surface area contributed by atoms with E-state index in [9.17, 15) is 4.46 Å². The van der Waals surface area contributed by atoms with Crippen molar-refractivity contribution in [3.05, 3.63) is 0 Å². The standard InChI is InChI=1S/C5H12O2Si/c1-5(2,8-6)4-7-3/h8H,4H2,1-3H3. The Morgan fingerprint density at radius 3 is 2.25 bits per heavy atom. The van der Waals surface area contributed by atoms with Crippen LogP contribution in [0.3, 0.4) is 0 Å². The van der Waals surface area contributed by atoms with Crippen LogP contribution >= 0.6 is 0 Å². The Hall–Kier alpha value is -0.0231. The average Bonchev–Trinajstić information content (AvgIpc) is 1.67. The zero-order valence-corrected chi connectivity index (χ0v) is 6.76. The molecule has 0 N–H and O–H groups in total. The van der Waals surface area contributed by atoms with Gasteiger partial charge >= 0.3 is 0 Å². The van der Waals surface area contributed by atoms with E-state index < -0.39 is 9.41 Å². The van der Waals surface area contributed by atoms with Crippen molar-refractivity contribution >= 4 is 9.41 Å². The fourth-order valence-electron chi connectivity index (χ4n) is 0.406. The number of rotatable bonds is 3. The van der Waals surface area contributed by atoms with Crippen LogP contribution in [0, 0.1) is 0 Å². The molecule has 0 radical (unpaired) electrons. The van der Waals surface area contributed by atoms with Crippen LogP contribution in [0.25, 0.3) is 0 Å². The van der Waals surface area contributed by atoms with Gasteiger partial charge in [0.25, 0.3) is 9.41 Å². The quantitative estimate of drug-likeness (QED) is 0.526. The maximum absolute atomic E-state index is 10.3. The van der Waals surface area contributed by atoms with Crippen molar-refractivity contribution in [2.45, 2.75) is 18.9 Å². The molecule has 2 nitrogen and oxygen atoms in total. The Labute approximate surface area is 52.1 Å². The first kappa shape index (κ1) is 7.98. The fraction of sp³-hybridized carbons (Fsp3) is 1.00. The lowest BCUT2D eigenvalue weighted by Crippen LogP contribution is -2.12. The molecule has 8 heavy (non-hydrogen) atoms. The summed E-state index contributed by atoms with van der Waals surface area (Å²) in [7, 11) is 0.908. The van der Waals surface area contributed by atoms with Gasteiger partial charge in [0.2, 0.25) is 0 Å². The first-order valence-electron chi connectivity index (χ1n) is 2.57. The molecule has 0 atom stereocenters. The minimum Gasteiger partial charge on any atom is -0.391 e. The van der Waals surface area contributed by atoms with E-state index in [-0.39, 0.29) is 5.04 Å². The predicted molar refractivity (Wildman–Crippen MR) is 33.8 cm³/mol. The van der Waals surface area contributed by atoms with Gasteiger partial charge in [0.1, 0.15) is 0 Å². The highest BCUT2D eigenvalue weighted by molar-refractivity contribution is 6.22. The van der Waals surface area contributed by atoms with Crippen molar-refractivity contribution in [3.63, 3.8) is 0 Å². The van der Waals surface area contributed by atoms with Crippen molar-refractivity contribution in [2.75, 3.05) is 13.7 Å². The van der Waals surface area contributed by atoms with Crippen LogP contribution in [0.4, 0.5) is 0 Å². The molecular weight excluding hydrogens is 120 g/mol. The van der Waals surface area contributed by atoms with Gasteiger partial charge in [-0.15, -0.1) is 0 Å². The Kier molecular flexibility index (Phi) is 3.08. The largest absolute Gasteiger partial charge is 0.391 e. The van der Waals surface area contributed by atoms with Gasteiger partial charge in [-0.1, -0.05) is 13.8 Å².